The molecule has 0 unspecified atom stereocenters. The summed E-state index contributed by atoms with van der Waals surface area (Å²) >= 11 is 0. The van der Waals surface area contributed by atoms with Gasteiger partial charge in [-0.25, -0.2) is 4.68 Å². The molecule has 1 heterocycles. The Morgan fingerprint density at radius 2 is 1.72 bits per heavy atom. The van der Waals surface area contributed by atoms with Gasteiger partial charge in [0, 0.05) is 17.3 Å². The highest BCUT2D eigenvalue weighted by Crippen LogP contribution is 2.31. The van der Waals surface area contributed by atoms with E-state index in [1.807, 2.05) is 38.1 Å². The largest absolute Gasteiger partial charge is 0.493 e. The fourth-order valence-corrected chi connectivity index (χ4v) is 2.87. The third-order valence-electron chi connectivity index (χ3n) is 4.63. The number of hydrogen-bond donors (Lipinski definition) is 1. The van der Waals surface area contributed by atoms with Crippen molar-refractivity contribution >= 4 is 11.6 Å². The minimum Gasteiger partial charge on any atom is -0.493 e. The highest BCUT2D eigenvalue weighted by Gasteiger charge is 2.11. The molecule has 3 aromatic rings. The molecule has 2 aromatic carbocycles. The standard InChI is InChI=1S/C22H23N3O4/c1-14-5-7-17(11-15(14)2)23-21(26)13-25-22(27)10-8-18(24-25)16-6-9-19(28-3)20(12-16)29-4/h5-12H,13H2,1-4H3,(H,23,26). The molecule has 0 aliphatic heterocycles. The first-order valence-corrected chi connectivity index (χ1v) is 9.09. The molecule has 7 heteroatoms. The van der Waals surface area contributed by atoms with E-state index in [0.29, 0.717) is 22.9 Å². The van der Waals surface area contributed by atoms with Gasteiger partial charge >= 0.3 is 0 Å². The molecule has 3 rings (SSSR count). The quantitative estimate of drug-likeness (QED) is 0.696. The number of carbonyl (C=O) groups excluding carboxylic acids is 1. The first-order chi connectivity index (χ1) is 13.9. The normalized spacial score (nSPS) is 10.5. The van der Waals surface area contributed by atoms with E-state index in [1.165, 1.54) is 6.07 Å². The molecule has 0 aliphatic rings. The minimum absolute atomic E-state index is 0.188. The lowest BCUT2D eigenvalue weighted by molar-refractivity contribution is -0.117. The van der Waals surface area contributed by atoms with Crippen molar-refractivity contribution < 1.29 is 14.3 Å². The van der Waals surface area contributed by atoms with Crippen LogP contribution >= 0.6 is 0 Å². The molecule has 0 saturated heterocycles. The van der Waals surface area contributed by atoms with E-state index in [9.17, 15) is 9.59 Å². The molecule has 150 valence electrons. The molecule has 0 saturated carbocycles. The Bertz CT molecular complexity index is 1110. The molecule has 7 nitrogen and oxygen atoms in total. The number of benzene rings is 2. The second-order valence-electron chi connectivity index (χ2n) is 6.63. The number of ether oxygens (including phenoxy) is 2. The molecule has 0 fully saturated rings. The lowest BCUT2D eigenvalue weighted by atomic mass is 10.1. The van der Waals surface area contributed by atoms with Gasteiger partial charge in [0.05, 0.1) is 19.9 Å². The number of aromatic nitrogens is 2. The van der Waals surface area contributed by atoms with Crippen molar-refractivity contribution in [3.8, 4) is 22.8 Å². The van der Waals surface area contributed by atoms with Crippen molar-refractivity contribution in [2.24, 2.45) is 0 Å². The molecule has 0 bridgehead atoms. The molecule has 0 radical (unpaired) electrons. The highest BCUT2D eigenvalue weighted by atomic mass is 16.5. The summed E-state index contributed by atoms with van der Waals surface area (Å²) in [5.74, 6) is 0.821. The molecular formula is C22H23N3O4. The van der Waals surface area contributed by atoms with Gasteiger partial charge in [0.1, 0.15) is 6.54 Å². The lowest BCUT2D eigenvalue weighted by Gasteiger charge is -2.11. The second kappa shape index (κ2) is 8.60. The zero-order valence-electron chi connectivity index (χ0n) is 16.9. The van der Waals surface area contributed by atoms with Gasteiger partial charge in [-0.1, -0.05) is 6.07 Å². The van der Waals surface area contributed by atoms with Gasteiger partial charge in [0.2, 0.25) is 5.91 Å². The third-order valence-corrected chi connectivity index (χ3v) is 4.63. The Morgan fingerprint density at radius 1 is 0.966 bits per heavy atom. The summed E-state index contributed by atoms with van der Waals surface area (Å²) in [6.45, 7) is 3.79. The first-order valence-electron chi connectivity index (χ1n) is 9.09. The molecule has 1 aromatic heterocycles. The number of carbonyl (C=O) groups is 1. The number of hydrogen-bond acceptors (Lipinski definition) is 5. The van der Waals surface area contributed by atoms with Crippen LogP contribution in [0.25, 0.3) is 11.3 Å². The Labute approximate surface area is 168 Å². The summed E-state index contributed by atoms with van der Waals surface area (Å²) in [7, 11) is 3.11. The first kappa shape index (κ1) is 20.1. The predicted octanol–water partition coefficient (Wildman–Crippen LogP) is 3.18. The lowest BCUT2D eigenvalue weighted by Crippen LogP contribution is -2.29. The smallest absolute Gasteiger partial charge is 0.267 e. The van der Waals surface area contributed by atoms with Crippen LogP contribution in [0.3, 0.4) is 0 Å². The van der Waals surface area contributed by atoms with E-state index in [-0.39, 0.29) is 18.0 Å². The van der Waals surface area contributed by atoms with Crippen LogP contribution in [0.1, 0.15) is 11.1 Å². The summed E-state index contributed by atoms with van der Waals surface area (Å²) in [6, 6.07) is 14.0. The zero-order chi connectivity index (χ0) is 21.0. The van der Waals surface area contributed by atoms with Crippen molar-refractivity contribution in [1.29, 1.82) is 0 Å². The number of anilines is 1. The van der Waals surface area contributed by atoms with Crippen LogP contribution in [0, 0.1) is 13.8 Å². The van der Waals surface area contributed by atoms with Gasteiger partial charge in [-0.2, -0.15) is 5.10 Å². The number of methoxy groups -OCH3 is 2. The Hall–Kier alpha value is -3.61. The molecule has 29 heavy (non-hydrogen) atoms. The fourth-order valence-electron chi connectivity index (χ4n) is 2.87. The zero-order valence-corrected chi connectivity index (χ0v) is 16.9. The van der Waals surface area contributed by atoms with Crippen molar-refractivity contribution in [3.63, 3.8) is 0 Å². The predicted molar refractivity (Wildman–Crippen MR) is 112 cm³/mol. The van der Waals surface area contributed by atoms with Crippen LogP contribution in [-0.2, 0) is 11.3 Å². The fraction of sp³-hybridized carbons (Fsp3) is 0.227. The Kier molecular flexibility index (Phi) is 5.97. The minimum atomic E-state index is -0.357. The van der Waals surface area contributed by atoms with Crippen molar-refractivity contribution in [1.82, 2.24) is 9.78 Å². The van der Waals surface area contributed by atoms with Crippen molar-refractivity contribution in [2.45, 2.75) is 20.4 Å². The second-order valence-corrected chi connectivity index (χ2v) is 6.63. The van der Waals surface area contributed by atoms with Gasteiger partial charge < -0.3 is 14.8 Å². The average Bonchev–Trinajstić information content (AvgIpc) is 2.71. The molecule has 0 aliphatic carbocycles. The molecule has 1 amide bonds. The van der Waals surface area contributed by atoms with E-state index < -0.39 is 0 Å². The molecule has 1 N–H and O–H groups in total. The van der Waals surface area contributed by atoms with Crippen LogP contribution < -0.4 is 20.3 Å². The van der Waals surface area contributed by atoms with Crippen molar-refractivity contribution in [3.05, 3.63) is 70.0 Å². The number of aryl methyl sites for hydroxylation is 2. The van der Waals surface area contributed by atoms with Gasteiger partial charge in [-0.15, -0.1) is 0 Å². The van der Waals surface area contributed by atoms with E-state index in [0.717, 1.165) is 21.4 Å². The van der Waals surface area contributed by atoms with E-state index in [2.05, 4.69) is 10.4 Å². The maximum Gasteiger partial charge on any atom is 0.267 e. The molecule has 0 spiro atoms. The summed E-state index contributed by atoms with van der Waals surface area (Å²) in [5.41, 5.74) is 3.83. The van der Waals surface area contributed by atoms with Crippen LogP contribution in [0.2, 0.25) is 0 Å². The summed E-state index contributed by atoms with van der Waals surface area (Å²) in [6.07, 6.45) is 0. The number of nitrogens with zero attached hydrogens (tertiary/aromatic N) is 2. The maximum atomic E-state index is 12.4. The van der Waals surface area contributed by atoms with Crippen LogP contribution in [0.15, 0.2) is 53.3 Å². The Balaban J connectivity index is 1.83. The van der Waals surface area contributed by atoms with Gasteiger partial charge in [0.25, 0.3) is 5.56 Å². The third kappa shape index (κ3) is 4.63. The summed E-state index contributed by atoms with van der Waals surface area (Å²) in [4.78, 5) is 24.6. The monoisotopic (exact) mass is 393 g/mol. The number of rotatable bonds is 6. The van der Waals surface area contributed by atoms with Crippen LogP contribution in [-0.4, -0.2) is 29.9 Å². The van der Waals surface area contributed by atoms with Crippen LogP contribution in [0.4, 0.5) is 5.69 Å². The number of nitrogens with one attached hydrogen (secondary N) is 1. The van der Waals surface area contributed by atoms with E-state index in [1.54, 1.807) is 32.4 Å². The SMILES string of the molecule is COc1ccc(-c2ccc(=O)n(CC(=O)Nc3ccc(C)c(C)c3)n2)cc1OC. The molecule has 0 atom stereocenters. The van der Waals surface area contributed by atoms with Gasteiger partial charge in [0.15, 0.2) is 11.5 Å². The Morgan fingerprint density at radius 3 is 2.41 bits per heavy atom. The van der Waals surface area contributed by atoms with Gasteiger partial charge in [-0.05, 0) is 61.4 Å². The van der Waals surface area contributed by atoms with E-state index >= 15 is 0 Å². The topological polar surface area (TPSA) is 82.5 Å². The van der Waals surface area contributed by atoms with Crippen molar-refractivity contribution in [2.75, 3.05) is 19.5 Å². The maximum absolute atomic E-state index is 12.4. The summed E-state index contributed by atoms with van der Waals surface area (Å²) < 4.78 is 11.7. The summed E-state index contributed by atoms with van der Waals surface area (Å²) in [5, 5.41) is 7.14. The van der Waals surface area contributed by atoms with Gasteiger partial charge in [-0.3, -0.25) is 9.59 Å². The average molecular weight is 393 g/mol. The van der Waals surface area contributed by atoms with Crippen LogP contribution in [0.5, 0.6) is 11.5 Å². The molecular weight excluding hydrogens is 370 g/mol. The highest BCUT2D eigenvalue weighted by molar-refractivity contribution is 5.90. The van der Waals surface area contributed by atoms with E-state index in [4.69, 9.17) is 9.47 Å². The number of amides is 1.